The summed E-state index contributed by atoms with van der Waals surface area (Å²) in [5, 5.41) is 16.5. The van der Waals surface area contributed by atoms with E-state index < -0.39 is 6.10 Å². The van der Waals surface area contributed by atoms with Crippen LogP contribution in [0.1, 0.15) is 31.2 Å². The molecule has 0 bridgehead atoms. The highest BCUT2D eigenvalue weighted by Crippen LogP contribution is 2.24. The van der Waals surface area contributed by atoms with Crippen LogP contribution >= 0.6 is 0 Å². The van der Waals surface area contributed by atoms with E-state index in [1.54, 1.807) is 12.4 Å². The molecule has 0 radical (unpaired) electrons. The molecule has 1 aromatic heterocycles. The predicted molar refractivity (Wildman–Crippen MR) is 92.7 cm³/mol. The number of hydrogen-bond donors (Lipinski definition) is 3. The Morgan fingerprint density at radius 1 is 1.44 bits per heavy atom. The molecule has 3 atom stereocenters. The van der Waals surface area contributed by atoms with Gasteiger partial charge in [-0.05, 0) is 37.3 Å². The monoisotopic (exact) mass is 346 g/mol. The highest BCUT2D eigenvalue weighted by Gasteiger charge is 2.37. The third-order valence-corrected chi connectivity index (χ3v) is 5.07. The van der Waals surface area contributed by atoms with Crippen LogP contribution in [0.25, 0.3) is 0 Å². The van der Waals surface area contributed by atoms with E-state index in [1.165, 1.54) is 0 Å². The van der Waals surface area contributed by atoms with Gasteiger partial charge in [-0.15, -0.1) is 0 Å². The first kappa shape index (κ1) is 17.8. The summed E-state index contributed by atoms with van der Waals surface area (Å²) >= 11 is 0. The Morgan fingerprint density at radius 2 is 2.32 bits per heavy atom. The molecule has 3 N–H and O–H groups in total. The average Bonchev–Trinajstić information content (AvgIpc) is 2.63. The standard InChI is InChI=1S/C18H26N4O3/c23-16(7-6-13-3-2-8-19-11-13)21-14-4-1-5-15(18(14)25)22-10-9-20-17(24)12-22/h2-3,8,11,14-15,18,25H,1,4-7,9-10,12H2,(H,20,24)(H,21,23)/t14-,15-,18-/m1/s1. The van der Waals surface area contributed by atoms with Crippen molar-refractivity contribution in [1.82, 2.24) is 20.5 Å². The number of aliphatic hydroxyl groups excluding tert-OH is 1. The summed E-state index contributed by atoms with van der Waals surface area (Å²) in [6, 6.07) is 3.50. The number of piperazine rings is 1. The number of nitrogens with one attached hydrogen (secondary N) is 2. The number of pyridine rings is 1. The molecule has 0 aromatic carbocycles. The lowest BCUT2D eigenvalue weighted by atomic mass is 9.86. The summed E-state index contributed by atoms with van der Waals surface area (Å²) in [6.07, 6.45) is 6.43. The second kappa shape index (κ2) is 8.40. The fraction of sp³-hybridized carbons (Fsp3) is 0.611. The molecule has 2 aliphatic rings. The Morgan fingerprint density at radius 3 is 3.08 bits per heavy atom. The summed E-state index contributed by atoms with van der Waals surface area (Å²) in [7, 11) is 0. The first-order valence-electron chi connectivity index (χ1n) is 9.00. The molecule has 7 heteroatoms. The van der Waals surface area contributed by atoms with Crippen molar-refractivity contribution >= 4 is 11.8 Å². The van der Waals surface area contributed by atoms with Gasteiger partial charge in [-0.25, -0.2) is 0 Å². The van der Waals surface area contributed by atoms with Crippen LogP contribution in [0.2, 0.25) is 0 Å². The van der Waals surface area contributed by atoms with Gasteiger partial charge in [0, 0.05) is 37.9 Å². The summed E-state index contributed by atoms with van der Waals surface area (Å²) in [5.74, 6) is -0.0500. The van der Waals surface area contributed by atoms with Crippen molar-refractivity contribution in [3.8, 4) is 0 Å². The minimum Gasteiger partial charge on any atom is -0.389 e. The van der Waals surface area contributed by atoms with Crippen LogP contribution in [0.5, 0.6) is 0 Å². The van der Waals surface area contributed by atoms with Crippen LogP contribution in [0.3, 0.4) is 0 Å². The molecular weight excluding hydrogens is 320 g/mol. The number of nitrogens with zero attached hydrogens (tertiary/aromatic N) is 2. The lowest BCUT2D eigenvalue weighted by Gasteiger charge is -2.42. The molecule has 1 aliphatic heterocycles. The van der Waals surface area contributed by atoms with E-state index in [9.17, 15) is 14.7 Å². The van der Waals surface area contributed by atoms with E-state index >= 15 is 0 Å². The maximum absolute atomic E-state index is 12.2. The maximum atomic E-state index is 12.2. The van der Waals surface area contributed by atoms with Gasteiger partial charge in [0.05, 0.1) is 18.7 Å². The van der Waals surface area contributed by atoms with Gasteiger partial charge in [-0.2, -0.15) is 0 Å². The summed E-state index contributed by atoms with van der Waals surface area (Å²) in [5.41, 5.74) is 1.03. The van der Waals surface area contributed by atoms with Gasteiger partial charge >= 0.3 is 0 Å². The van der Waals surface area contributed by atoms with Crippen LogP contribution in [0.15, 0.2) is 24.5 Å². The van der Waals surface area contributed by atoms with E-state index in [0.717, 1.165) is 31.4 Å². The smallest absolute Gasteiger partial charge is 0.234 e. The third-order valence-electron chi connectivity index (χ3n) is 5.07. The van der Waals surface area contributed by atoms with Gasteiger partial charge < -0.3 is 15.7 Å². The molecule has 1 aromatic rings. The molecule has 3 rings (SSSR count). The molecule has 2 heterocycles. The van der Waals surface area contributed by atoms with Gasteiger partial charge in [-0.1, -0.05) is 6.07 Å². The minimum atomic E-state index is -0.637. The predicted octanol–water partition coefficient (Wildman–Crippen LogP) is -0.156. The topological polar surface area (TPSA) is 94.6 Å². The lowest BCUT2D eigenvalue weighted by molar-refractivity contribution is -0.128. The summed E-state index contributed by atoms with van der Waals surface area (Å²) in [6.45, 7) is 1.68. The number of hydrogen-bond acceptors (Lipinski definition) is 5. The second-order valence-electron chi connectivity index (χ2n) is 6.84. The van der Waals surface area contributed by atoms with Crippen LogP contribution < -0.4 is 10.6 Å². The van der Waals surface area contributed by atoms with Gasteiger partial charge in [0.15, 0.2) is 0 Å². The SMILES string of the molecule is O=C1CN([C@@H]2CCC[C@@H](NC(=O)CCc3cccnc3)[C@H]2O)CCN1. The Bertz CT molecular complexity index is 595. The number of aliphatic hydroxyl groups is 1. The van der Waals surface area contributed by atoms with E-state index in [1.807, 2.05) is 17.0 Å². The van der Waals surface area contributed by atoms with Crippen LogP contribution in [-0.2, 0) is 16.0 Å². The van der Waals surface area contributed by atoms with Crippen molar-refractivity contribution in [2.24, 2.45) is 0 Å². The third kappa shape index (κ3) is 4.76. The number of rotatable bonds is 5. The van der Waals surface area contributed by atoms with Crippen molar-refractivity contribution in [3.05, 3.63) is 30.1 Å². The minimum absolute atomic E-state index is 0.001000. The summed E-state index contributed by atoms with van der Waals surface area (Å²) in [4.78, 5) is 29.9. The van der Waals surface area contributed by atoms with E-state index in [0.29, 0.717) is 25.9 Å². The fourth-order valence-electron chi connectivity index (χ4n) is 3.74. The number of carbonyl (C=O) groups excluding carboxylic acids is 2. The Balaban J connectivity index is 1.51. The summed E-state index contributed by atoms with van der Waals surface area (Å²) < 4.78 is 0. The van der Waals surface area contributed by atoms with Crippen molar-refractivity contribution in [2.75, 3.05) is 19.6 Å². The van der Waals surface area contributed by atoms with Crippen LogP contribution in [0, 0.1) is 0 Å². The molecular formula is C18H26N4O3. The molecule has 1 saturated heterocycles. The zero-order chi connectivity index (χ0) is 17.6. The van der Waals surface area contributed by atoms with Gasteiger partial charge in [0.25, 0.3) is 0 Å². The highest BCUT2D eigenvalue weighted by atomic mass is 16.3. The zero-order valence-electron chi connectivity index (χ0n) is 14.4. The van der Waals surface area contributed by atoms with Crippen molar-refractivity contribution in [1.29, 1.82) is 0 Å². The fourth-order valence-corrected chi connectivity index (χ4v) is 3.74. The Labute approximate surface area is 147 Å². The highest BCUT2D eigenvalue weighted by molar-refractivity contribution is 5.78. The lowest BCUT2D eigenvalue weighted by Crippen LogP contribution is -2.60. The Kier molecular flexibility index (Phi) is 5.99. The molecule has 0 spiro atoms. The Hall–Kier alpha value is -1.99. The van der Waals surface area contributed by atoms with Crippen LogP contribution in [-0.4, -0.2) is 64.6 Å². The molecule has 2 amide bonds. The van der Waals surface area contributed by atoms with E-state index in [2.05, 4.69) is 15.6 Å². The maximum Gasteiger partial charge on any atom is 0.234 e. The van der Waals surface area contributed by atoms with E-state index in [4.69, 9.17) is 0 Å². The molecule has 1 aliphatic carbocycles. The van der Waals surface area contributed by atoms with Gasteiger partial charge in [0.2, 0.25) is 11.8 Å². The molecule has 25 heavy (non-hydrogen) atoms. The molecule has 1 saturated carbocycles. The zero-order valence-corrected chi connectivity index (χ0v) is 14.4. The second-order valence-corrected chi connectivity index (χ2v) is 6.84. The first-order chi connectivity index (χ1) is 12.1. The molecule has 7 nitrogen and oxygen atoms in total. The molecule has 0 unspecified atom stereocenters. The normalized spacial score (nSPS) is 27.6. The van der Waals surface area contributed by atoms with Gasteiger partial charge in [-0.3, -0.25) is 19.5 Å². The molecule has 2 fully saturated rings. The molecule has 136 valence electrons. The van der Waals surface area contributed by atoms with Crippen molar-refractivity contribution in [2.45, 2.75) is 50.3 Å². The first-order valence-corrected chi connectivity index (χ1v) is 9.00. The largest absolute Gasteiger partial charge is 0.389 e. The number of aromatic nitrogens is 1. The quantitative estimate of drug-likeness (QED) is 0.689. The van der Waals surface area contributed by atoms with Gasteiger partial charge in [0.1, 0.15) is 0 Å². The average molecular weight is 346 g/mol. The number of aryl methyl sites for hydroxylation is 1. The van der Waals surface area contributed by atoms with E-state index in [-0.39, 0.29) is 23.9 Å². The van der Waals surface area contributed by atoms with Crippen molar-refractivity contribution < 1.29 is 14.7 Å². The number of carbonyl (C=O) groups is 2. The van der Waals surface area contributed by atoms with Crippen LogP contribution in [0.4, 0.5) is 0 Å². The van der Waals surface area contributed by atoms with Crippen molar-refractivity contribution in [3.63, 3.8) is 0 Å². The number of amides is 2.